The summed E-state index contributed by atoms with van der Waals surface area (Å²) in [4.78, 5) is 0. The second-order valence-corrected chi connectivity index (χ2v) is 6.08. The molecule has 2 nitrogen and oxygen atoms in total. The summed E-state index contributed by atoms with van der Waals surface area (Å²) in [6.07, 6.45) is 5.43. The van der Waals surface area contributed by atoms with Crippen LogP contribution in [0.5, 0.6) is 0 Å². The Morgan fingerprint density at radius 1 is 1.50 bits per heavy atom. The fourth-order valence-corrected chi connectivity index (χ4v) is 2.81. The molecule has 0 saturated carbocycles. The highest BCUT2D eigenvalue weighted by Crippen LogP contribution is 2.15. The summed E-state index contributed by atoms with van der Waals surface area (Å²) < 4.78 is 0. The lowest BCUT2D eigenvalue weighted by Crippen LogP contribution is -2.34. The van der Waals surface area contributed by atoms with Gasteiger partial charge in [-0.2, -0.15) is 11.8 Å². The zero-order valence-electron chi connectivity index (χ0n) is 9.51. The van der Waals surface area contributed by atoms with E-state index in [1.807, 2.05) is 11.8 Å². The first kappa shape index (κ1) is 12.3. The molecular weight excluding hydrogens is 192 g/mol. The van der Waals surface area contributed by atoms with E-state index in [1.165, 1.54) is 38.0 Å². The molecule has 3 heteroatoms. The molecule has 0 radical (unpaired) electrons. The van der Waals surface area contributed by atoms with Crippen LogP contribution in [0.25, 0.3) is 0 Å². The third kappa shape index (κ3) is 5.89. The number of hydrogen-bond acceptors (Lipinski definition) is 3. The van der Waals surface area contributed by atoms with Crippen LogP contribution in [-0.4, -0.2) is 29.6 Å². The molecule has 1 saturated heterocycles. The minimum absolute atomic E-state index is 0.00370. The number of nitrogens with one attached hydrogen (secondary N) is 1. The van der Waals surface area contributed by atoms with E-state index >= 15 is 0 Å². The van der Waals surface area contributed by atoms with Crippen LogP contribution in [0.15, 0.2) is 0 Å². The molecule has 84 valence electrons. The standard InChI is InChI=1S/C11H24N2S/c1-11(2,12)9-14-8-4-6-10-5-3-7-13-10/h10,13H,3-9,12H2,1-2H3. The molecule has 1 unspecified atom stereocenters. The van der Waals surface area contributed by atoms with Crippen LogP contribution >= 0.6 is 11.8 Å². The second kappa shape index (κ2) is 5.99. The van der Waals surface area contributed by atoms with Crippen molar-refractivity contribution in [2.24, 2.45) is 5.73 Å². The van der Waals surface area contributed by atoms with Gasteiger partial charge in [0.25, 0.3) is 0 Å². The molecule has 0 amide bonds. The van der Waals surface area contributed by atoms with E-state index < -0.39 is 0 Å². The summed E-state index contributed by atoms with van der Waals surface area (Å²) in [5.41, 5.74) is 5.90. The van der Waals surface area contributed by atoms with Crippen molar-refractivity contribution in [1.29, 1.82) is 0 Å². The lowest BCUT2D eigenvalue weighted by Gasteiger charge is -2.17. The van der Waals surface area contributed by atoms with Gasteiger partial charge in [0.2, 0.25) is 0 Å². The highest BCUT2D eigenvalue weighted by atomic mass is 32.2. The summed E-state index contributed by atoms with van der Waals surface area (Å²) >= 11 is 1.99. The van der Waals surface area contributed by atoms with Gasteiger partial charge in [-0.3, -0.25) is 0 Å². The van der Waals surface area contributed by atoms with Crippen molar-refractivity contribution in [2.75, 3.05) is 18.1 Å². The molecule has 3 N–H and O–H groups in total. The van der Waals surface area contributed by atoms with Crippen molar-refractivity contribution < 1.29 is 0 Å². The number of thioether (sulfide) groups is 1. The van der Waals surface area contributed by atoms with Crippen LogP contribution in [-0.2, 0) is 0 Å². The van der Waals surface area contributed by atoms with Crippen LogP contribution in [0, 0.1) is 0 Å². The molecule has 1 aliphatic rings. The van der Waals surface area contributed by atoms with Crippen molar-refractivity contribution in [3.8, 4) is 0 Å². The molecule has 14 heavy (non-hydrogen) atoms. The second-order valence-electron chi connectivity index (χ2n) is 4.98. The molecule has 0 aliphatic carbocycles. The first-order chi connectivity index (χ1) is 6.58. The molecule has 0 spiro atoms. The van der Waals surface area contributed by atoms with Gasteiger partial charge in [0.1, 0.15) is 0 Å². The predicted octanol–water partition coefficient (Wildman–Crippen LogP) is 1.99. The Morgan fingerprint density at radius 2 is 2.29 bits per heavy atom. The summed E-state index contributed by atoms with van der Waals surface area (Å²) in [6.45, 7) is 5.42. The fraction of sp³-hybridized carbons (Fsp3) is 1.00. The quantitative estimate of drug-likeness (QED) is 0.667. The number of rotatable bonds is 6. The topological polar surface area (TPSA) is 38.0 Å². The Labute approximate surface area is 92.4 Å². The van der Waals surface area contributed by atoms with Crippen LogP contribution < -0.4 is 11.1 Å². The van der Waals surface area contributed by atoms with Gasteiger partial charge >= 0.3 is 0 Å². The molecule has 1 heterocycles. The van der Waals surface area contributed by atoms with Gasteiger partial charge < -0.3 is 11.1 Å². The Morgan fingerprint density at radius 3 is 2.86 bits per heavy atom. The van der Waals surface area contributed by atoms with Crippen LogP contribution in [0.2, 0.25) is 0 Å². The van der Waals surface area contributed by atoms with E-state index in [9.17, 15) is 0 Å². The fourth-order valence-electron chi connectivity index (χ4n) is 1.77. The molecule has 0 aromatic carbocycles. The van der Waals surface area contributed by atoms with Crippen molar-refractivity contribution in [3.63, 3.8) is 0 Å². The summed E-state index contributed by atoms with van der Waals surface area (Å²) in [6, 6.07) is 0.807. The molecule has 0 bridgehead atoms. The van der Waals surface area contributed by atoms with Crippen LogP contribution in [0.4, 0.5) is 0 Å². The molecule has 1 atom stereocenters. The highest BCUT2D eigenvalue weighted by molar-refractivity contribution is 7.99. The highest BCUT2D eigenvalue weighted by Gasteiger charge is 2.13. The Bertz CT molecular complexity index is 148. The maximum absolute atomic E-state index is 5.91. The van der Waals surface area contributed by atoms with Crippen molar-refractivity contribution in [3.05, 3.63) is 0 Å². The first-order valence-electron chi connectivity index (χ1n) is 5.68. The number of hydrogen-bond donors (Lipinski definition) is 2. The zero-order valence-corrected chi connectivity index (χ0v) is 10.3. The van der Waals surface area contributed by atoms with Crippen molar-refractivity contribution in [1.82, 2.24) is 5.32 Å². The van der Waals surface area contributed by atoms with E-state index in [4.69, 9.17) is 5.73 Å². The van der Waals surface area contributed by atoms with E-state index in [0.717, 1.165) is 11.8 Å². The maximum Gasteiger partial charge on any atom is 0.0188 e. The van der Waals surface area contributed by atoms with Crippen LogP contribution in [0.3, 0.4) is 0 Å². The van der Waals surface area contributed by atoms with Crippen molar-refractivity contribution >= 4 is 11.8 Å². The smallest absolute Gasteiger partial charge is 0.0188 e. The Hall–Kier alpha value is 0.270. The van der Waals surface area contributed by atoms with Gasteiger partial charge in [0.15, 0.2) is 0 Å². The summed E-state index contributed by atoms with van der Waals surface area (Å²) in [7, 11) is 0. The van der Waals surface area contributed by atoms with Gasteiger partial charge in [0.05, 0.1) is 0 Å². The van der Waals surface area contributed by atoms with E-state index in [2.05, 4.69) is 19.2 Å². The third-order valence-corrected chi connectivity index (χ3v) is 4.00. The van der Waals surface area contributed by atoms with E-state index in [1.54, 1.807) is 0 Å². The van der Waals surface area contributed by atoms with Gasteiger partial charge in [-0.15, -0.1) is 0 Å². The lowest BCUT2D eigenvalue weighted by atomic mass is 10.1. The van der Waals surface area contributed by atoms with Crippen molar-refractivity contribution in [2.45, 2.75) is 51.1 Å². The summed E-state index contributed by atoms with van der Waals surface area (Å²) in [5.74, 6) is 2.34. The average Bonchev–Trinajstić information content (AvgIpc) is 2.54. The molecule has 0 aromatic heterocycles. The van der Waals surface area contributed by atoms with Crippen LogP contribution in [0.1, 0.15) is 39.5 Å². The minimum atomic E-state index is -0.00370. The average molecular weight is 216 g/mol. The minimum Gasteiger partial charge on any atom is -0.325 e. The number of nitrogens with two attached hydrogens (primary N) is 1. The van der Waals surface area contributed by atoms with Gasteiger partial charge in [-0.05, 0) is 51.8 Å². The molecule has 1 fully saturated rings. The monoisotopic (exact) mass is 216 g/mol. The predicted molar refractivity (Wildman–Crippen MR) is 65.9 cm³/mol. The molecule has 1 rings (SSSR count). The first-order valence-corrected chi connectivity index (χ1v) is 6.83. The molecular formula is C11H24N2S. The molecule has 1 aliphatic heterocycles. The SMILES string of the molecule is CC(C)(N)CSCCCC1CCCN1. The molecule has 0 aromatic rings. The largest absolute Gasteiger partial charge is 0.325 e. The summed E-state index contributed by atoms with van der Waals surface area (Å²) in [5, 5.41) is 3.53. The van der Waals surface area contributed by atoms with E-state index in [0.29, 0.717) is 0 Å². The van der Waals surface area contributed by atoms with Gasteiger partial charge in [0, 0.05) is 17.3 Å². The third-order valence-electron chi connectivity index (χ3n) is 2.48. The Balaban J connectivity index is 1.89. The Kier molecular flexibility index (Phi) is 5.28. The maximum atomic E-state index is 5.91. The zero-order chi connectivity index (χ0) is 10.4. The van der Waals surface area contributed by atoms with Gasteiger partial charge in [-0.25, -0.2) is 0 Å². The normalized spacial score (nSPS) is 22.9. The lowest BCUT2D eigenvalue weighted by molar-refractivity contribution is 0.552. The van der Waals surface area contributed by atoms with Gasteiger partial charge in [-0.1, -0.05) is 0 Å². The van der Waals surface area contributed by atoms with E-state index in [-0.39, 0.29) is 5.54 Å².